The first kappa shape index (κ1) is 19.1. The average Bonchev–Trinajstić information content (AvgIpc) is 3.29. The number of nitrogens with zero attached hydrogens (tertiary/aromatic N) is 2. The minimum atomic E-state index is -0.0249. The Bertz CT molecular complexity index is 1090. The standard InChI is InChI=1S/C24H28N4O2/c1-16-14-28-15-20(23(29)25-10-5-11-30-2)19-8-9-24(27-21(19)22(28)26-16)12-17-6-3-4-7-18(17)13-24/h3-4,6-7,14-15,27H,5,8-13H2,1-2H3,(H,25,29). The van der Waals surface area contributed by atoms with Crippen molar-refractivity contribution in [3.63, 3.8) is 0 Å². The van der Waals surface area contributed by atoms with E-state index < -0.39 is 0 Å². The Balaban J connectivity index is 1.50. The molecule has 2 aliphatic rings. The Kier molecular flexibility index (Phi) is 4.74. The van der Waals surface area contributed by atoms with E-state index in [1.807, 2.05) is 23.7 Å². The van der Waals surface area contributed by atoms with E-state index in [0.717, 1.165) is 60.3 Å². The molecule has 6 nitrogen and oxygen atoms in total. The lowest BCUT2D eigenvalue weighted by Gasteiger charge is -2.37. The van der Waals surface area contributed by atoms with E-state index in [1.54, 1.807) is 7.11 Å². The minimum Gasteiger partial charge on any atom is -0.385 e. The number of amides is 1. The fraction of sp³-hybridized carbons (Fsp3) is 0.417. The van der Waals surface area contributed by atoms with Crippen molar-refractivity contribution in [2.24, 2.45) is 0 Å². The molecule has 156 valence electrons. The van der Waals surface area contributed by atoms with Crippen molar-refractivity contribution < 1.29 is 9.53 Å². The quantitative estimate of drug-likeness (QED) is 0.641. The van der Waals surface area contributed by atoms with Gasteiger partial charge >= 0.3 is 0 Å². The lowest BCUT2D eigenvalue weighted by atomic mass is 9.82. The topological polar surface area (TPSA) is 67.7 Å². The molecule has 0 unspecified atom stereocenters. The fourth-order valence-corrected chi connectivity index (χ4v) is 5.04. The number of carbonyl (C=O) groups is 1. The molecule has 6 heteroatoms. The van der Waals surface area contributed by atoms with E-state index >= 15 is 0 Å². The van der Waals surface area contributed by atoms with Gasteiger partial charge in [-0.1, -0.05) is 24.3 Å². The molecule has 3 heterocycles. The van der Waals surface area contributed by atoms with Crippen molar-refractivity contribution in [3.8, 4) is 0 Å². The molecule has 1 aliphatic heterocycles. The number of hydrogen-bond donors (Lipinski definition) is 2. The smallest absolute Gasteiger partial charge is 0.253 e. The van der Waals surface area contributed by atoms with Gasteiger partial charge in [0.15, 0.2) is 5.65 Å². The molecule has 1 amide bonds. The Hall–Kier alpha value is -2.86. The van der Waals surface area contributed by atoms with Crippen molar-refractivity contribution in [1.29, 1.82) is 0 Å². The van der Waals surface area contributed by atoms with Crippen LogP contribution < -0.4 is 10.6 Å². The maximum absolute atomic E-state index is 13.0. The average molecular weight is 405 g/mol. The molecule has 1 spiro atoms. The van der Waals surface area contributed by atoms with Crippen LogP contribution in [0.2, 0.25) is 0 Å². The van der Waals surface area contributed by atoms with Crippen molar-refractivity contribution >= 4 is 17.2 Å². The Morgan fingerprint density at radius 3 is 2.77 bits per heavy atom. The van der Waals surface area contributed by atoms with E-state index in [-0.39, 0.29) is 11.4 Å². The Labute approximate surface area is 176 Å². The summed E-state index contributed by atoms with van der Waals surface area (Å²) in [6.07, 6.45) is 8.64. The summed E-state index contributed by atoms with van der Waals surface area (Å²) in [5.74, 6) is -0.0249. The number of rotatable bonds is 5. The monoisotopic (exact) mass is 404 g/mol. The number of pyridine rings is 1. The molecular formula is C24H28N4O2. The summed E-state index contributed by atoms with van der Waals surface area (Å²) in [7, 11) is 1.68. The van der Waals surface area contributed by atoms with Crippen molar-refractivity contribution in [3.05, 3.63) is 64.6 Å². The molecule has 0 radical (unpaired) electrons. The highest BCUT2D eigenvalue weighted by Crippen LogP contribution is 2.42. The maximum atomic E-state index is 13.0. The van der Waals surface area contributed by atoms with Gasteiger partial charge in [0.05, 0.1) is 16.9 Å². The third-order valence-corrected chi connectivity index (χ3v) is 6.45. The van der Waals surface area contributed by atoms with Crippen LogP contribution >= 0.6 is 0 Å². The summed E-state index contributed by atoms with van der Waals surface area (Å²) < 4.78 is 7.08. The lowest BCUT2D eigenvalue weighted by molar-refractivity contribution is 0.0947. The molecule has 2 N–H and O–H groups in total. The first-order valence-electron chi connectivity index (χ1n) is 10.7. The van der Waals surface area contributed by atoms with E-state index in [9.17, 15) is 4.79 Å². The van der Waals surface area contributed by atoms with Gasteiger partial charge in [-0.15, -0.1) is 0 Å². The van der Waals surface area contributed by atoms with Crippen LogP contribution in [0.4, 0.5) is 5.69 Å². The maximum Gasteiger partial charge on any atom is 0.253 e. The molecule has 3 aromatic rings. The van der Waals surface area contributed by atoms with Gasteiger partial charge in [-0.05, 0) is 55.7 Å². The van der Waals surface area contributed by atoms with Crippen molar-refractivity contribution in [1.82, 2.24) is 14.7 Å². The highest BCUT2D eigenvalue weighted by atomic mass is 16.5. The van der Waals surface area contributed by atoms with E-state index in [1.165, 1.54) is 11.1 Å². The van der Waals surface area contributed by atoms with Crippen LogP contribution in [-0.4, -0.2) is 41.1 Å². The summed E-state index contributed by atoms with van der Waals surface area (Å²) in [4.78, 5) is 17.8. The van der Waals surface area contributed by atoms with Gasteiger partial charge in [-0.3, -0.25) is 4.79 Å². The predicted octanol–water partition coefficient (Wildman–Crippen LogP) is 3.30. The predicted molar refractivity (Wildman–Crippen MR) is 117 cm³/mol. The summed E-state index contributed by atoms with van der Waals surface area (Å²) >= 11 is 0. The van der Waals surface area contributed by atoms with Gasteiger partial charge in [0, 0.05) is 38.2 Å². The molecular weight excluding hydrogens is 376 g/mol. The normalized spacial score (nSPS) is 16.3. The van der Waals surface area contributed by atoms with E-state index in [4.69, 9.17) is 9.72 Å². The number of anilines is 1. The van der Waals surface area contributed by atoms with Crippen LogP contribution in [0.1, 0.15) is 45.6 Å². The fourth-order valence-electron chi connectivity index (χ4n) is 5.04. The van der Waals surface area contributed by atoms with E-state index in [2.05, 4.69) is 34.9 Å². The van der Waals surface area contributed by atoms with Gasteiger partial charge < -0.3 is 19.8 Å². The second kappa shape index (κ2) is 7.43. The molecule has 2 aromatic heterocycles. The molecule has 30 heavy (non-hydrogen) atoms. The molecule has 0 fully saturated rings. The van der Waals surface area contributed by atoms with Gasteiger partial charge in [-0.25, -0.2) is 4.98 Å². The first-order valence-corrected chi connectivity index (χ1v) is 10.7. The number of aryl methyl sites for hydroxylation is 1. The summed E-state index contributed by atoms with van der Waals surface area (Å²) in [5.41, 5.74) is 7.56. The number of benzene rings is 1. The zero-order chi connectivity index (χ0) is 20.7. The summed E-state index contributed by atoms with van der Waals surface area (Å²) in [6.45, 7) is 3.24. The third-order valence-electron chi connectivity index (χ3n) is 6.45. The number of methoxy groups -OCH3 is 1. The zero-order valence-corrected chi connectivity index (χ0v) is 17.6. The largest absolute Gasteiger partial charge is 0.385 e. The van der Waals surface area contributed by atoms with E-state index in [0.29, 0.717) is 13.2 Å². The van der Waals surface area contributed by atoms with Crippen LogP contribution in [-0.2, 0) is 24.0 Å². The highest BCUT2D eigenvalue weighted by Gasteiger charge is 2.41. The summed E-state index contributed by atoms with van der Waals surface area (Å²) in [5, 5.41) is 6.91. The Morgan fingerprint density at radius 2 is 2.03 bits per heavy atom. The van der Waals surface area contributed by atoms with Crippen LogP contribution in [0.25, 0.3) is 5.65 Å². The second-order valence-electron chi connectivity index (χ2n) is 8.64. The van der Waals surface area contributed by atoms with Crippen LogP contribution in [0, 0.1) is 6.92 Å². The molecule has 1 aromatic carbocycles. The van der Waals surface area contributed by atoms with Gasteiger partial charge in [-0.2, -0.15) is 0 Å². The van der Waals surface area contributed by atoms with Crippen LogP contribution in [0.5, 0.6) is 0 Å². The third kappa shape index (κ3) is 3.25. The number of hydrogen-bond acceptors (Lipinski definition) is 4. The lowest BCUT2D eigenvalue weighted by Crippen LogP contribution is -2.43. The van der Waals surface area contributed by atoms with Gasteiger partial charge in [0.2, 0.25) is 0 Å². The first-order chi connectivity index (χ1) is 14.6. The number of carbonyl (C=O) groups excluding carboxylic acids is 1. The van der Waals surface area contributed by atoms with Crippen LogP contribution in [0.3, 0.4) is 0 Å². The second-order valence-corrected chi connectivity index (χ2v) is 8.64. The number of imidazole rings is 1. The summed E-state index contributed by atoms with van der Waals surface area (Å²) in [6, 6.07) is 8.72. The molecule has 1 aliphatic carbocycles. The van der Waals surface area contributed by atoms with Crippen molar-refractivity contribution in [2.45, 2.75) is 44.6 Å². The zero-order valence-electron chi connectivity index (χ0n) is 17.6. The SMILES string of the molecule is COCCCNC(=O)c1cn2cc(C)nc2c2c1CCC1(Cc3ccccc3C1)N2. The van der Waals surface area contributed by atoms with Gasteiger partial charge in [0.25, 0.3) is 5.91 Å². The number of ether oxygens (including phenoxy) is 1. The molecule has 0 bridgehead atoms. The molecule has 0 saturated heterocycles. The molecule has 5 rings (SSSR count). The molecule has 0 atom stereocenters. The highest BCUT2D eigenvalue weighted by molar-refractivity contribution is 5.98. The number of nitrogens with one attached hydrogen (secondary N) is 2. The van der Waals surface area contributed by atoms with Crippen molar-refractivity contribution in [2.75, 3.05) is 25.6 Å². The van der Waals surface area contributed by atoms with Gasteiger partial charge in [0.1, 0.15) is 0 Å². The minimum absolute atomic E-state index is 0.00456. The molecule has 0 saturated carbocycles. The number of fused-ring (bicyclic) bond motifs is 4. The van der Waals surface area contributed by atoms with Crippen LogP contribution in [0.15, 0.2) is 36.7 Å². The Morgan fingerprint density at radius 1 is 1.27 bits per heavy atom. The number of aromatic nitrogens is 2.